The zero-order chi connectivity index (χ0) is 23.9. The number of sulfonamides is 1. The largest absolute Gasteiger partial charge is 0.495 e. The van der Waals surface area contributed by atoms with Crippen molar-refractivity contribution in [2.75, 3.05) is 19.0 Å². The summed E-state index contributed by atoms with van der Waals surface area (Å²) < 4.78 is 35.7. The van der Waals surface area contributed by atoms with Gasteiger partial charge in [-0.25, -0.2) is 8.42 Å². The van der Waals surface area contributed by atoms with Crippen LogP contribution >= 0.6 is 0 Å². The van der Waals surface area contributed by atoms with Gasteiger partial charge in [0.2, 0.25) is 15.9 Å². The molecule has 2 aromatic carbocycles. The Kier molecular flexibility index (Phi) is 5.85. The molecule has 4 rings (SSSR count). The first kappa shape index (κ1) is 22.7. The molecule has 0 unspecified atom stereocenters. The zero-order valence-electron chi connectivity index (χ0n) is 18.4. The molecule has 0 bridgehead atoms. The number of anilines is 1. The van der Waals surface area contributed by atoms with E-state index in [1.165, 1.54) is 48.3 Å². The smallest absolute Gasteiger partial charge is 0.316 e. The van der Waals surface area contributed by atoms with E-state index in [2.05, 4.69) is 5.32 Å². The Morgan fingerprint density at radius 2 is 1.70 bits per heavy atom. The lowest BCUT2D eigenvalue weighted by atomic mass is 10.2. The number of fused-ring (bicyclic) bond motifs is 1. The second kappa shape index (κ2) is 8.49. The van der Waals surface area contributed by atoms with Crippen LogP contribution in [0.2, 0.25) is 0 Å². The Bertz CT molecular complexity index is 1470. The summed E-state index contributed by atoms with van der Waals surface area (Å²) in [6.45, 7) is 0.191. The maximum atomic E-state index is 13.5. The molecule has 10 nitrogen and oxygen atoms in total. The molecule has 3 aromatic rings. The lowest BCUT2D eigenvalue weighted by Crippen LogP contribution is -2.43. The predicted molar refractivity (Wildman–Crippen MR) is 123 cm³/mol. The average Bonchev–Trinajstić information content (AvgIpc) is 3.32. The number of carbonyl (C=O) groups excluding carboxylic acids is 1. The molecule has 0 saturated carbocycles. The molecule has 0 aliphatic carbocycles. The highest BCUT2D eigenvalue weighted by molar-refractivity contribution is 7.89. The van der Waals surface area contributed by atoms with E-state index in [9.17, 15) is 22.8 Å². The number of benzene rings is 2. The van der Waals surface area contributed by atoms with Crippen LogP contribution in [-0.4, -0.2) is 47.5 Å². The van der Waals surface area contributed by atoms with Crippen molar-refractivity contribution in [2.45, 2.75) is 23.8 Å². The van der Waals surface area contributed by atoms with Crippen molar-refractivity contribution in [1.29, 1.82) is 0 Å². The summed E-state index contributed by atoms with van der Waals surface area (Å²) >= 11 is 0. The zero-order valence-corrected chi connectivity index (χ0v) is 19.3. The fourth-order valence-corrected chi connectivity index (χ4v) is 5.79. The quantitative estimate of drug-likeness (QED) is 0.554. The van der Waals surface area contributed by atoms with Gasteiger partial charge in [-0.2, -0.15) is 4.31 Å². The average molecular weight is 473 g/mol. The number of methoxy groups -OCH3 is 1. The van der Waals surface area contributed by atoms with E-state index in [1.807, 2.05) is 0 Å². The Morgan fingerprint density at radius 3 is 2.39 bits per heavy atom. The third-order valence-corrected chi connectivity index (χ3v) is 7.84. The maximum Gasteiger partial charge on any atom is 0.316 e. The summed E-state index contributed by atoms with van der Waals surface area (Å²) in [6, 6.07) is 10.2. The molecule has 0 spiro atoms. The Hall–Kier alpha value is -3.44. The van der Waals surface area contributed by atoms with Crippen molar-refractivity contribution < 1.29 is 17.9 Å². The molecule has 0 radical (unpaired) electrons. The summed E-state index contributed by atoms with van der Waals surface area (Å²) in [5, 5.41) is 2.76. The number of hydrogen-bond acceptors (Lipinski definition) is 6. The summed E-state index contributed by atoms with van der Waals surface area (Å²) in [6.07, 6.45) is 0.907. The standard InChI is InChI=1S/C22H24N4O6S/c1-24-16-11-10-14(13-18(16)25(2)22(29)21(24)28)33(30,31)26-12-6-8-17(26)20(27)23-15-7-4-5-9-19(15)32-3/h4-5,7,9-11,13,17H,6,8,12H2,1-3H3,(H,23,27)/t17-/m1/s1. The number of carbonyl (C=O) groups is 1. The van der Waals surface area contributed by atoms with Gasteiger partial charge in [0.05, 0.1) is 28.7 Å². The predicted octanol–water partition coefficient (Wildman–Crippen LogP) is 1.04. The van der Waals surface area contributed by atoms with Gasteiger partial charge >= 0.3 is 11.1 Å². The fraction of sp³-hybridized carbons (Fsp3) is 0.318. The highest BCUT2D eigenvalue weighted by atomic mass is 32.2. The van der Waals surface area contributed by atoms with Gasteiger partial charge in [0.15, 0.2) is 0 Å². The SMILES string of the molecule is COc1ccccc1NC(=O)[C@H]1CCCN1S(=O)(=O)c1ccc2c(c1)n(C)c(=O)c(=O)n2C. The van der Waals surface area contributed by atoms with Crippen molar-refractivity contribution in [3.63, 3.8) is 0 Å². The molecule has 1 aliphatic heterocycles. The van der Waals surface area contributed by atoms with Crippen LogP contribution < -0.4 is 21.2 Å². The minimum Gasteiger partial charge on any atom is -0.495 e. The first-order valence-electron chi connectivity index (χ1n) is 10.3. The van der Waals surface area contributed by atoms with Gasteiger partial charge < -0.3 is 19.2 Å². The van der Waals surface area contributed by atoms with E-state index in [-0.39, 0.29) is 11.4 Å². The highest BCUT2D eigenvalue weighted by Gasteiger charge is 2.39. The number of amides is 1. The van der Waals surface area contributed by atoms with Crippen LogP contribution in [0.3, 0.4) is 0 Å². The fourth-order valence-electron chi connectivity index (χ4n) is 4.11. The first-order chi connectivity index (χ1) is 15.7. The van der Waals surface area contributed by atoms with Crippen LogP contribution in [-0.2, 0) is 28.9 Å². The molecule has 33 heavy (non-hydrogen) atoms. The van der Waals surface area contributed by atoms with Crippen molar-refractivity contribution >= 4 is 32.7 Å². The second-order valence-electron chi connectivity index (χ2n) is 7.84. The monoisotopic (exact) mass is 472 g/mol. The topological polar surface area (TPSA) is 120 Å². The van der Waals surface area contributed by atoms with E-state index in [0.29, 0.717) is 35.3 Å². The summed E-state index contributed by atoms with van der Waals surface area (Å²) in [5.74, 6) is 0.0236. The molecule has 1 fully saturated rings. The number of rotatable bonds is 5. The number of aryl methyl sites for hydroxylation is 2. The Labute approximate surface area is 190 Å². The van der Waals surface area contributed by atoms with Crippen LogP contribution in [0.15, 0.2) is 56.9 Å². The van der Waals surface area contributed by atoms with Gasteiger partial charge in [-0.1, -0.05) is 12.1 Å². The number of hydrogen-bond donors (Lipinski definition) is 1. The maximum absolute atomic E-state index is 13.5. The molecule has 1 saturated heterocycles. The first-order valence-corrected chi connectivity index (χ1v) is 11.8. The summed E-state index contributed by atoms with van der Waals surface area (Å²) in [5.41, 5.74) is -0.274. The third-order valence-electron chi connectivity index (χ3n) is 5.94. The number of para-hydroxylation sites is 2. The minimum absolute atomic E-state index is 0.0550. The molecule has 1 atom stereocenters. The third kappa shape index (κ3) is 3.83. The molecular weight excluding hydrogens is 448 g/mol. The summed E-state index contributed by atoms with van der Waals surface area (Å²) in [7, 11) is 0.316. The van der Waals surface area contributed by atoms with Gasteiger partial charge in [0.1, 0.15) is 11.8 Å². The molecule has 174 valence electrons. The Balaban J connectivity index is 1.70. The van der Waals surface area contributed by atoms with Gasteiger partial charge in [-0.05, 0) is 43.2 Å². The molecular formula is C22H24N4O6S. The Morgan fingerprint density at radius 1 is 1.03 bits per heavy atom. The summed E-state index contributed by atoms with van der Waals surface area (Å²) in [4.78, 5) is 37.2. The van der Waals surface area contributed by atoms with Gasteiger partial charge in [0, 0.05) is 20.6 Å². The van der Waals surface area contributed by atoms with Crippen LogP contribution in [0, 0.1) is 0 Å². The molecule has 2 heterocycles. The molecule has 11 heteroatoms. The van der Waals surface area contributed by atoms with Crippen LogP contribution in [0.4, 0.5) is 5.69 Å². The van der Waals surface area contributed by atoms with Crippen LogP contribution in [0.5, 0.6) is 5.75 Å². The lowest BCUT2D eigenvalue weighted by molar-refractivity contribution is -0.119. The van der Waals surface area contributed by atoms with Crippen LogP contribution in [0.25, 0.3) is 11.0 Å². The number of nitrogens with one attached hydrogen (secondary N) is 1. The van der Waals surface area contributed by atoms with E-state index >= 15 is 0 Å². The molecule has 1 N–H and O–H groups in total. The van der Waals surface area contributed by atoms with Gasteiger partial charge in [0.25, 0.3) is 0 Å². The minimum atomic E-state index is -4.05. The highest BCUT2D eigenvalue weighted by Crippen LogP contribution is 2.30. The van der Waals surface area contributed by atoms with Crippen molar-refractivity contribution in [3.8, 4) is 5.75 Å². The lowest BCUT2D eigenvalue weighted by Gasteiger charge is -2.24. The second-order valence-corrected chi connectivity index (χ2v) is 9.73. The molecule has 1 aromatic heterocycles. The van der Waals surface area contributed by atoms with Crippen molar-refractivity contribution in [1.82, 2.24) is 13.4 Å². The van der Waals surface area contributed by atoms with E-state index in [1.54, 1.807) is 24.3 Å². The number of aromatic nitrogens is 2. The number of nitrogens with zero attached hydrogens (tertiary/aromatic N) is 3. The normalized spacial score (nSPS) is 16.8. The van der Waals surface area contributed by atoms with Crippen molar-refractivity contribution in [3.05, 3.63) is 63.2 Å². The number of ether oxygens (including phenoxy) is 1. The van der Waals surface area contributed by atoms with Crippen LogP contribution in [0.1, 0.15) is 12.8 Å². The molecule has 1 amide bonds. The molecule has 1 aliphatic rings. The van der Waals surface area contributed by atoms with E-state index in [0.717, 1.165) is 4.57 Å². The van der Waals surface area contributed by atoms with Gasteiger partial charge in [-0.3, -0.25) is 14.4 Å². The van der Waals surface area contributed by atoms with E-state index < -0.39 is 33.1 Å². The van der Waals surface area contributed by atoms with E-state index in [4.69, 9.17) is 4.74 Å². The van der Waals surface area contributed by atoms with Crippen molar-refractivity contribution in [2.24, 2.45) is 14.1 Å². The van der Waals surface area contributed by atoms with Gasteiger partial charge in [-0.15, -0.1) is 0 Å².